The molecule has 0 aromatic carbocycles. The first-order chi connectivity index (χ1) is 9.69. The summed E-state index contributed by atoms with van der Waals surface area (Å²) in [6.45, 7) is 1.65. The second-order valence-corrected chi connectivity index (χ2v) is 5.06. The van der Waals surface area contributed by atoms with Crippen LogP contribution in [0, 0.1) is 0 Å². The standard InChI is InChI=1S/C14H16BrN3O2/c1-20-8-7-18-10-12(5-6-14(18)19)16-9-11-3-2-4-13(15)17-11/h2-6,10,16H,7-9H2,1H3. The average Bonchev–Trinajstić information content (AvgIpc) is 2.45. The molecule has 0 fully saturated rings. The number of ether oxygens (including phenoxy) is 1. The fourth-order valence-electron chi connectivity index (χ4n) is 1.74. The Kier molecular flexibility index (Phi) is 5.31. The molecular weight excluding hydrogens is 322 g/mol. The van der Waals surface area contributed by atoms with E-state index in [9.17, 15) is 4.79 Å². The van der Waals surface area contributed by atoms with Crippen molar-refractivity contribution < 1.29 is 4.74 Å². The molecule has 0 atom stereocenters. The van der Waals surface area contributed by atoms with Gasteiger partial charge < -0.3 is 14.6 Å². The lowest BCUT2D eigenvalue weighted by molar-refractivity contribution is 0.186. The van der Waals surface area contributed by atoms with Crippen LogP contribution in [0.3, 0.4) is 0 Å². The third-order valence-electron chi connectivity index (χ3n) is 2.77. The van der Waals surface area contributed by atoms with E-state index in [0.29, 0.717) is 19.7 Å². The molecule has 0 amide bonds. The molecule has 0 spiro atoms. The fourth-order valence-corrected chi connectivity index (χ4v) is 2.12. The summed E-state index contributed by atoms with van der Waals surface area (Å²) >= 11 is 3.34. The van der Waals surface area contributed by atoms with Crippen molar-refractivity contribution in [3.05, 3.63) is 57.2 Å². The van der Waals surface area contributed by atoms with Crippen LogP contribution in [0.5, 0.6) is 0 Å². The summed E-state index contributed by atoms with van der Waals surface area (Å²) in [6.07, 6.45) is 1.79. The van der Waals surface area contributed by atoms with Crippen molar-refractivity contribution in [1.29, 1.82) is 0 Å². The van der Waals surface area contributed by atoms with Crippen LogP contribution in [0.2, 0.25) is 0 Å². The van der Waals surface area contributed by atoms with Gasteiger partial charge in [0.15, 0.2) is 0 Å². The molecule has 6 heteroatoms. The van der Waals surface area contributed by atoms with E-state index < -0.39 is 0 Å². The zero-order valence-corrected chi connectivity index (χ0v) is 12.8. The first-order valence-corrected chi connectivity index (χ1v) is 7.03. The number of hydrogen-bond donors (Lipinski definition) is 1. The molecule has 20 heavy (non-hydrogen) atoms. The molecule has 0 unspecified atom stereocenters. The Morgan fingerprint density at radius 2 is 2.20 bits per heavy atom. The third-order valence-corrected chi connectivity index (χ3v) is 3.21. The van der Waals surface area contributed by atoms with Crippen molar-refractivity contribution in [3.8, 4) is 0 Å². The van der Waals surface area contributed by atoms with Crippen molar-refractivity contribution in [2.45, 2.75) is 13.1 Å². The van der Waals surface area contributed by atoms with Gasteiger partial charge in [0, 0.05) is 25.9 Å². The van der Waals surface area contributed by atoms with Gasteiger partial charge in [0.1, 0.15) is 4.60 Å². The summed E-state index contributed by atoms with van der Waals surface area (Å²) in [4.78, 5) is 16.0. The zero-order chi connectivity index (χ0) is 14.4. The van der Waals surface area contributed by atoms with Gasteiger partial charge in [-0.25, -0.2) is 4.98 Å². The van der Waals surface area contributed by atoms with E-state index in [1.54, 1.807) is 30.0 Å². The summed E-state index contributed by atoms with van der Waals surface area (Å²) in [5, 5.41) is 3.25. The second kappa shape index (κ2) is 7.21. The molecule has 2 aromatic rings. The van der Waals surface area contributed by atoms with E-state index in [4.69, 9.17) is 4.74 Å². The van der Waals surface area contributed by atoms with Gasteiger partial charge in [0.2, 0.25) is 0 Å². The molecule has 1 N–H and O–H groups in total. The maximum absolute atomic E-state index is 11.7. The summed E-state index contributed by atoms with van der Waals surface area (Å²) in [7, 11) is 1.62. The number of methoxy groups -OCH3 is 1. The lowest BCUT2D eigenvalue weighted by atomic mass is 10.3. The van der Waals surface area contributed by atoms with Gasteiger partial charge in [-0.2, -0.15) is 0 Å². The molecule has 5 nitrogen and oxygen atoms in total. The topological polar surface area (TPSA) is 56.1 Å². The Balaban J connectivity index is 2.04. The minimum Gasteiger partial charge on any atom is -0.383 e. The van der Waals surface area contributed by atoms with Gasteiger partial charge in [-0.1, -0.05) is 6.07 Å². The van der Waals surface area contributed by atoms with Crippen molar-refractivity contribution in [1.82, 2.24) is 9.55 Å². The van der Waals surface area contributed by atoms with Gasteiger partial charge in [0.25, 0.3) is 5.56 Å². The quantitative estimate of drug-likeness (QED) is 0.821. The molecule has 0 bridgehead atoms. The molecule has 2 heterocycles. The Bertz CT molecular complexity index is 628. The van der Waals surface area contributed by atoms with Gasteiger partial charge in [0.05, 0.1) is 24.5 Å². The van der Waals surface area contributed by atoms with Crippen LogP contribution in [0.1, 0.15) is 5.69 Å². The van der Waals surface area contributed by atoms with Crippen LogP contribution in [0.15, 0.2) is 45.9 Å². The Morgan fingerprint density at radius 1 is 1.35 bits per heavy atom. The maximum atomic E-state index is 11.7. The molecule has 0 saturated carbocycles. The Hall–Kier alpha value is -1.66. The molecule has 0 aliphatic carbocycles. The number of halogens is 1. The number of nitrogens with one attached hydrogen (secondary N) is 1. The summed E-state index contributed by atoms with van der Waals surface area (Å²) < 4.78 is 7.42. The number of rotatable bonds is 6. The van der Waals surface area contributed by atoms with Crippen LogP contribution in [-0.2, 0) is 17.8 Å². The van der Waals surface area contributed by atoms with Gasteiger partial charge in [-0.3, -0.25) is 4.79 Å². The lowest BCUT2D eigenvalue weighted by Crippen LogP contribution is -2.21. The van der Waals surface area contributed by atoms with Crippen LogP contribution < -0.4 is 10.9 Å². The fraction of sp³-hybridized carbons (Fsp3) is 0.286. The maximum Gasteiger partial charge on any atom is 0.250 e. The van der Waals surface area contributed by atoms with E-state index in [1.165, 1.54) is 0 Å². The highest BCUT2D eigenvalue weighted by atomic mass is 79.9. The number of aromatic nitrogens is 2. The summed E-state index contributed by atoms with van der Waals surface area (Å²) in [5.41, 5.74) is 1.77. The SMILES string of the molecule is COCCn1cc(NCc2cccc(Br)n2)ccc1=O. The number of nitrogens with zero attached hydrogens (tertiary/aromatic N) is 2. The summed E-state index contributed by atoms with van der Waals surface area (Å²) in [5.74, 6) is 0. The van der Waals surface area contributed by atoms with Crippen molar-refractivity contribution in [3.63, 3.8) is 0 Å². The normalized spacial score (nSPS) is 10.5. The third kappa shape index (κ3) is 4.18. The molecule has 0 aliphatic rings. The van der Waals surface area contributed by atoms with Crippen molar-refractivity contribution in [2.75, 3.05) is 19.0 Å². The number of pyridine rings is 2. The van der Waals surface area contributed by atoms with Gasteiger partial charge in [-0.15, -0.1) is 0 Å². The molecular formula is C14H16BrN3O2. The first-order valence-electron chi connectivity index (χ1n) is 6.24. The van der Waals surface area contributed by atoms with E-state index in [2.05, 4.69) is 26.2 Å². The van der Waals surface area contributed by atoms with Gasteiger partial charge in [-0.05, 0) is 34.1 Å². The van der Waals surface area contributed by atoms with E-state index in [1.807, 2.05) is 18.2 Å². The molecule has 2 rings (SSSR count). The average molecular weight is 338 g/mol. The molecule has 0 aliphatic heterocycles. The molecule has 0 radical (unpaired) electrons. The van der Waals surface area contributed by atoms with E-state index >= 15 is 0 Å². The van der Waals surface area contributed by atoms with Crippen molar-refractivity contribution >= 4 is 21.6 Å². The first kappa shape index (κ1) is 14.7. The zero-order valence-electron chi connectivity index (χ0n) is 11.2. The highest BCUT2D eigenvalue weighted by Crippen LogP contribution is 2.09. The van der Waals surface area contributed by atoms with Crippen LogP contribution in [-0.4, -0.2) is 23.3 Å². The second-order valence-electron chi connectivity index (χ2n) is 4.25. The molecule has 2 aromatic heterocycles. The Labute approximate surface area is 125 Å². The number of anilines is 1. The monoisotopic (exact) mass is 337 g/mol. The van der Waals surface area contributed by atoms with Crippen LogP contribution >= 0.6 is 15.9 Å². The van der Waals surface area contributed by atoms with Crippen molar-refractivity contribution in [2.24, 2.45) is 0 Å². The van der Waals surface area contributed by atoms with Gasteiger partial charge >= 0.3 is 0 Å². The lowest BCUT2D eigenvalue weighted by Gasteiger charge is -2.10. The predicted octanol–water partition coefficient (Wildman–Crippen LogP) is 2.26. The van der Waals surface area contributed by atoms with Crippen LogP contribution in [0.25, 0.3) is 0 Å². The van der Waals surface area contributed by atoms with Crippen LogP contribution in [0.4, 0.5) is 5.69 Å². The number of hydrogen-bond acceptors (Lipinski definition) is 4. The minimum absolute atomic E-state index is 0.0341. The minimum atomic E-state index is -0.0341. The molecule has 106 valence electrons. The smallest absolute Gasteiger partial charge is 0.250 e. The predicted molar refractivity (Wildman–Crippen MR) is 81.8 cm³/mol. The summed E-state index contributed by atoms with van der Waals surface area (Å²) in [6, 6.07) is 9.08. The largest absolute Gasteiger partial charge is 0.383 e. The van der Waals surface area contributed by atoms with E-state index in [0.717, 1.165) is 16.0 Å². The van der Waals surface area contributed by atoms with E-state index in [-0.39, 0.29) is 5.56 Å². The Morgan fingerprint density at radius 3 is 2.95 bits per heavy atom. The highest BCUT2D eigenvalue weighted by molar-refractivity contribution is 9.10. The highest BCUT2D eigenvalue weighted by Gasteiger charge is 2.00. The molecule has 0 saturated heterocycles.